The van der Waals surface area contributed by atoms with Crippen molar-refractivity contribution >= 4 is 31.9 Å². The minimum absolute atomic E-state index is 0.0778. The summed E-state index contributed by atoms with van der Waals surface area (Å²) < 4.78 is 26.4. The van der Waals surface area contributed by atoms with Gasteiger partial charge in [0, 0.05) is 10.7 Å². The Morgan fingerprint density at radius 1 is 0.762 bits per heavy atom. The first-order valence-electron chi connectivity index (χ1n) is 6.68. The van der Waals surface area contributed by atoms with E-state index in [-0.39, 0.29) is 5.41 Å². The summed E-state index contributed by atoms with van der Waals surface area (Å²) >= 11 is 7.17. The largest absolute Gasteiger partial charge is 0.204 e. The zero-order valence-electron chi connectivity index (χ0n) is 11.5. The first-order chi connectivity index (χ1) is 10.1. The highest BCUT2D eigenvalue weighted by Gasteiger charge is 2.29. The zero-order chi connectivity index (χ0) is 15.3. The average Bonchev–Trinajstić information content (AvgIpc) is 2.51. The van der Waals surface area contributed by atoms with Crippen LogP contribution in [0.2, 0.25) is 0 Å². The molecule has 0 fully saturated rings. The van der Waals surface area contributed by atoms with Gasteiger partial charge in [0.05, 0.1) is 0 Å². The first kappa shape index (κ1) is 16.6. The lowest BCUT2D eigenvalue weighted by Gasteiger charge is -2.30. The van der Waals surface area contributed by atoms with Crippen LogP contribution in [0.25, 0.3) is 0 Å². The third-order valence-electron chi connectivity index (χ3n) is 3.55. The smallest absolute Gasteiger partial charge is 0.159 e. The predicted octanol–water partition coefficient (Wildman–Crippen LogP) is 5.53. The molecule has 2 aromatic carbocycles. The van der Waals surface area contributed by atoms with Crippen molar-refractivity contribution in [3.8, 4) is 0 Å². The fourth-order valence-electron chi connectivity index (χ4n) is 2.40. The first-order valence-corrected chi connectivity index (χ1v) is 8.93. The molecule has 2 rings (SSSR count). The molecule has 0 unspecified atom stereocenters. The van der Waals surface area contributed by atoms with E-state index >= 15 is 0 Å². The Morgan fingerprint density at radius 2 is 1.38 bits per heavy atom. The van der Waals surface area contributed by atoms with E-state index in [1.807, 2.05) is 18.2 Å². The number of alkyl halides is 2. The summed E-state index contributed by atoms with van der Waals surface area (Å²) in [6.45, 7) is 0. The summed E-state index contributed by atoms with van der Waals surface area (Å²) in [5, 5.41) is 1.55. The summed E-state index contributed by atoms with van der Waals surface area (Å²) in [4.78, 5) is 0. The molecule has 4 heteroatoms. The van der Waals surface area contributed by atoms with Gasteiger partial charge >= 0.3 is 0 Å². The van der Waals surface area contributed by atoms with Crippen LogP contribution in [0.5, 0.6) is 0 Å². The molecule has 0 N–H and O–H groups in total. The molecule has 0 saturated carbocycles. The van der Waals surface area contributed by atoms with Gasteiger partial charge in [0.15, 0.2) is 11.6 Å². The minimum Gasteiger partial charge on any atom is -0.204 e. The highest BCUT2D eigenvalue weighted by atomic mass is 79.9. The van der Waals surface area contributed by atoms with Crippen molar-refractivity contribution in [2.24, 2.45) is 5.41 Å². The topological polar surface area (TPSA) is 0 Å². The molecule has 0 aromatic heterocycles. The molecule has 0 bridgehead atoms. The molecule has 0 spiro atoms. The minimum atomic E-state index is -0.801. The van der Waals surface area contributed by atoms with Gasteiger partial charge in [-0.3, -0.25) is 0 Å². The van der Waals surface area contributed by atoms with E-state index in [0.717, 1.165) is 22.6 Å². The molecule has 0 atom stereocenters. The molecule has 0 nitrogen and oxygen atoms in total. The molecule has 0 aliphatic heterocycles. The number of rotatable bonds is 6. The predicted molar refractivity (Wildman–Crippen MR) is 90.2 cm³/mol. The van der Waals surface area contributed by atoms with E-state index in [1.165, 1.54) is 17.7 Å². The van der Waals surface area contributed by atoms with Gasteiger partial charge in [-0.1, -0.05) is 68.3 Å². The molecule has 112 valence electrons. The van der Waals surface area contributed by atoms with Crippen molar-refractivity contribution < 1.29 is 8.78 Å². The van der Waals surface area contributed by atoms with Gasteiger partial charge in [0.25, 0.3) is 0 Å². The molecule has 0 aliphatic carbocycles. The second-order valence-corrected chi connectivity index (χ2v) is 6.48. The van der Waals surface area contributed by atoms with Crippen LogP contribution in [0.1, 0.15) is 11.1 Å². The molecule has 0 heterocycles. The molecular formula is C17H16Br2F2. The maximum atomic E-state index is 13.4. The summed E-state index contributed by atoms with van der Waals surface area (Å²) in [5.74, 6) is -1.59. The Labute approximate surface area is 140 Å². The molecule has 0 saturated heterocycles. The Bertz CT molecular complexity index is 581. The van der Waals surface area contributed by atoms with Gasteiger partial charge in [0.2, 0.25) is 0 Å². The van der Waals surface area contributed by atoms with Crippen molar-refractivity contribution in [1.29, 1.82) is 0 Å². The maximum Gasteiger partial charge on any atom is 0.159 e. The summed E-state index contributed by atoms with van der Waals surface area (Å²) in [7, 11) is 0. The fraction of sp³-hybridized carbons (Fsp3) is 0.294. The molecule has 2 aromatic rings. The van der Waals surface area contributed by atoms with Gasteiger partial charge < -0.3 is 0 Å². The van der Waals surface area contributed by atoms with Crippen LogP contribution >= 0.6 is 31.9 Å². The second kappa shape index (κ2) is 7.50. The molecule has 0 amide bonds. The lowest BCUT2D eigenvalue weighted by atomic mass is 9.80. The van der Waals surface area contributed by atoms with Gasteiger partial charge in [-0.05, 0) is 41.5 Å². The van der Waals surface area contributed by atoms with Crippen LogP contribution < -0.4 is 0 Å². The highest BCUT2D eigenvalue weighted by Crippen LogP contribution is 2.32. The van der Waals surface area contributed by atoms with Crippen molar-refractivity contribution in [3.05, 3.63) is 71.3 Å². The maximum absolute atomic E-state index is 13.4. The van der Waals surface area contributed by atoms with Crippen LogP contribution in [0.3, 0.4) is 0 Å². The molecule has 0 radical (unpaired) electrons. The van der Waals surface area contributed by atoms with E-state index < -0.39 is 11.6 Å². The summed E-state index contributed by atoms with van der Waals surface area (Å²) in [6.07, 6.45) is 1.54. The molecule has 21 heavy (non-hydrogen) atoms. The molecule has 0 aliphatic rings. The SMILES string of the molecule is Fc1ccc(CC(CBr)(CBr)Cc2ccccc2)cc1F. The Kier molecular flexibility index (Phi) is 5.94. The van der Waals surface area contributed by atoms with Gasteiger partial charge in [0.1, 0.15) is 0 Å². The van der Waals surface area contributed by atoms with Crippen LogP contribution in [0, 0.1) is 17.0 Å². The fourth-order valence-corrected chi connectivity index (χ4v) is 4.12. The lowest BCUT2D eigenvalue weighted by molar-refractivity contribution is 0.384. The lowest BCUT2D eigenvalue weighted by Crippen LogP contribution is -2.30. The van der Waals surface area contributed by atoms with E-state index in [9.17, 15) is 8.78 Å². The van der Waals surface area contributed by atoms with Crippen LogP contribution in [-0.4, -0.2) is 10.7 Å². The van der Waals surface area contributed by atoms with Crippen molar-refractivity contribution in [2.45, 2.75) is 12.8 Å². The zero-order valence-corrected chi connectivity index (χ0v) is 14.6. The van der Waals surface area contributed by atoms with Gasteiger partial charge in [-0.25, -0.2) is 8.78 Å². The third kappa shape index (κ3) is 4.36. The number of hydrogen-bond donors (Lipinski definition) is 0. The normalized spacial score (nSPS) is 11.6. The Hall–Kier alpha value is -0.740. The van der Waals surface area contributed by atoms with E-state index in [2.05, 4.69) is 44.0 Å². The van der Waals surface area contributed by atoms with Crippen LogP contribution in [0.4, 0.5) is 8.78 Å². The van der Waals surface area contributed by atoms with Crippen molar-refractivity contribution in [2.75, 3.05) is 10.7 Å². The standard InChI is InChI=1S/C17H16Br2F2/c18-11-17(12-19,9-13-4-2-1-3-5-13)10-14-6-7-15(20)16(21)8-14/h1-8H,9-12H2. The summed E-state index contributed by atoms with van der Waals surface area (Å²) in [6, 6.07) is 14.3. The van der Waals surface area contributed by atoms with Gasteiger partial charge in [-0.15, -0.1) is 0 Å². The second-order valence-electron chi connectivity index (χ2n) is 5.35. The average molecular weight is 418 g/mol. The third-order valence-corrected chi connectivity index (χ3v) is 5.93. The number of hydrogen-bond acceptors (Lipinski definition) is 0. The van der Waals surface area contributed by atoms with Crippen LogP contribution in [-0.2, 0) is 12.8 Å². The van der Waals surface area contributed by atoms with Crippen molar-refractivity contribution in [3.63, 3.8) is 0 Å². The monoisotopic (exact) mass is 416 g/mol. The van der Waals surface area contributed by atoms with Crippen LogP contribution in [0.15, 0.2) is 48.5 Å². The number of benzene rings is 2. The van der Waals surface area contributed by atoms with E-state index in [1.54, 1.807) is 6.07 Å². The summed E-state index contributed by atoms with van der Waals surface area (Å²) in [5.41, 5.74) is 1.97. The Morgan fingerprint density at radius 3 is 1.95 bits per heavy atom. The Balaban J connectivity index is 2.23. The van der Waals surface area contributed by atoms with E-state index in [0.29, 0.717) is 6.42 Å². The van der Waals surface area contributed by atoms with E-state index in [4.69, 9.17) is 0 Å². The quantitative estimate of drug-likeness (QED) is 0.542. The van der Waals surface area contributed by atoms with Gasteiger partial charge in [-0.2, -0.15) is 0 Å². The highest BCUT2D eigenvalue weighted by molar-refractivity contribution is 9.09. The molecular weight excluding hydrogens is 402 g/mol. The van der Waals surface area contributed by atoms with Crippen molar-refractivity contribution in [1.82, 2.24) is 0 Å². The number of halogens is 4.